The molecule has 1 aromatic heterocycles. The van der Waals surface area contributed by atoms with Crippen LogP contribution in [0.3, 0.4) is 0 Å². The summed E-state index contributed by atoms with van der Waals surface area (Å²) in [6.45, 7) is 1.56. The maximum atomic E-state index is 13.4. The molecule has 7 nitrogen and oxygen atoms in total. The van der Waals surface area contributed by atoms with Gasteiger partial charge in [-0.25, -0.2) is 17.5 Å². The number of para-hydroxylation sites is 1. The average Bonchev–Trinajstić information content (AvgIpc) is 2.79. The molecule has 0 radical (unpaired) electrons. The monoisotopic (exact) mass is 300 g/mol. The van der Waals surface area contributed by atoms with Crippen LogP contribution in [0, 0.1) is 5.82 Å². The second-order valence-electron chi connectivity index (χ2n) is 4.16. The second kappa shape index (κ2) is 5.55. The lowest BCUT2D eigenvalue weighted by atomic mass is 10.3. The van der Waals surface area contributed by atoms with E-state index in [1.807, 2.05) is 0 Å². The molecule has 0 aliphatic carbocycles. The van der Waals surface area contributed by atoms with Gasteiger partial charge in [-0.15, -0.1) is 5.10 Å². The summed E-state index contributed by atoms with van der Waals surface area (Å²) < 4.78 is 43.1. The van der Waals surface area contributed by atoms with Gasteiger partial charge >= 0.3 is 6.01 Å². The zero-order valence-corrected chi connectivity index (χ0v) is 11.6. The lowest BCUT2D eigenvalue weighted by Crippen LogP contribution is -2.25. The molecule has 2 aromatic rings. The number of rotatable bonds is 5. The van der Waals surface area contributed by atoms with Crippen molar-refractivity contribution in [2.24, 2.45) is 0 Å². The van der Waals surface area contributed by atoms with E-state index in [9.17, 15) is 12.8 Å². The van der Waals surface area contributed by atoms with Gasteiger partial charge in [0.25, 0.3) is 0 Å². The summed E-state index contributed by atoms with van der Waals surface area (Å²) >= 11 is 0. The predicted octanol–water partition coefficient (Wildman–Crippen LogP) is 1.56. The number of anilines is 2. The maximum absolute atomic E-state index is 13.4. The van der Waals surface area contributed by atoms with Crippen molar-refractivity contribution in [3.05, 3.63) is 36.0 Å². The first-order chi connectivity index (χ1) is 9.35. The minimum atomic E-state index is -3.39. The van der Waals surface area contributed by atoms with Gasteiger partial charge in [0.15, 0.2) is 0 Å². The third-order valence-corrected chi connectivity index (χ3v) is 3.10. The fourth-order valence-corrected chi connectivity index (χ4v) is 2.25. The molecule has 108 valence electrons. The Kier molecular flexibility index (Phi) is 4.00. The highest BCUT2D eigenvalue weighted by Crippen LogP contribution is 2.20. The highest BCUT2D eigenvalue weighted by molar-refractivity contribution is 7.88. The van der Waals surface area contributed by atoms with Crippen LogP contribution in [0.1, 0.15) is 18.9 Å². The van der Waals surface area contributed by atoms with Crippen molar-refractivity contribution in [1.29, 1.82) is 0 Å². The molecule has 1 heterocycles. The first-order valence-electron chi connectivity index (χ1n) is 5.67. The molecule has 0 fully saturated rings. The van der Waals surface area contributed by atoms with Crippen molar-refractivity contribution >= 4 is 21.7 Å². The van der Waals surface area contributed by atoms with Crippen LogP contribution < -0.4 is 10.0 Å². The Hall–Kier alpha value is -2.00. The summed E-state index contributed by atoms with van der Waals surface area (Å²) in [7, 11) is -3.39. The molecule has 2 rings (SSSR count). The fourth-order valence-electron chi connectivity index (χ4n) is 1.51. The van der Waals surface area contributed by atoms with Gasteiger partial charge in [-0.05, 0) is 19.1 Å². The van der Waals surface area contributed by atoms with E-state index in [1.165, 1.54) is 12.1 Å². The highest BCUT2D eigenvalue weighted by Gasteiger charge is 2.17. The maximum Gasteiger partial charge on any atom is 0.320 e. The number of hydrogen-bond donors (Lipinski definition) is 2. The third kappa shape index (κ3) is 3.75. The summed E-state index contributed by atoms with van der Waals surface area (Å²) in [4.78, 5) is 0. The first-order valence-corrected chi connectivity index (χ1v) is 7.56. The number of sulfonamides is 1. The fraction of sp³-hybridized carbons (Fsp3) is 0.273. The molecule has 1 atom stereocenters. The Balaban J connectivity index is 2.12. The Morgan fingerprint density at radius 2 is 2.00 bits per heavy atom. The number of nitrogens with one attached hydrogen (secondary N) is 2. The van der Waals surface area contributed by atoms with Crippen molar-refractivity contribution in [3.8, 4) is 0 Å². The van der Waals surface area contributed by atoms with Crippen molar-refractivity contribution in [2.75, 3.05) is 11.6 Å². The molecular formula is C11H13FN4O3S. The van der Waals surface area contributed by atoms with Crippen molar-refractivity contribution in [2.45, 2.75) is 13.0 Å². The molecule has 0 spiro atoms. The molecule has 0 amide bonds. The van der Waals surface area contributed by atoms with Gasteiger partial charge in [-0.2, -0.15) is 0 Å². The van der Waals surface area contributed by atoms with E-state index in [2.05, 4.69) is 20.2 Å². The average molecular weight is 300 g/mol. The summed E-state index contributed by atoms with van der Waals surface area (Å²) in [6, 6.07) is 5.31. The van der Waals surface area contributed by atoms with E-state index in [-0.39, 0.29) is 17.6 Å². The Morgan fingerprint density at radius 1 is 1.30 bits per heavy atom. The summed E-state index contributed by atoms with van der Waals surface area (Å²) in [5.74, 6) is -0.385. The van der Waals surface area contributed by atoms with Gasteiger partial charge in [-0.3, -0.25) is 0 Å². The van der Waals surface area contributed by atoms with Crippen LogP contribution >= 0.6 is 0 Å². The van der Waals surface area contributed by atoms with Gasteiger partial charge in [0.2, 0.25) is 15.9 Å². The van der Waals surface area contributed by atoms with Gasteiger partial charge < -0.3 is 9.73 Å². The standard InChI is InChI=1S/C11H13FN4O3S/c1-7(16-20(2,17)18)10-14-15-11(19-10)13-9-6-4-3-5-8(9)12/h3-7,16H,1-2H3,(H,13,15)/t7-/m0/s1. The quantitative estimate of drug-likeness (QED) is 0.869. The largest absolute Gasteiger partial charge is 0.406 e. The molecule has 0 saturated heterocycles. The van der Waals surface area contributed by atoms with Crippen LogP contribution in [0.2, 0.25) is 0 Å². The Bertz CT molecular complexity index is 701. The van der Waals surface area contributed by atoms with Gasteiger partial charge in [0.1, 0.15) is 5.82 Å². The zero-order valence-electron chi connectivity index (χ0n) is 10.8. The van der Waals surface area contributed by atoms with Gasteiger partial charge in [0.05, 0.1) is 18.0 Å². The number of halogens is 1. The Morgan fingerprint density at radius 3 is 2.65 bits per heavy atom. The molecule has 0 unspecified atom stereocenters. The summed E-state index contributed by atoms with van der Waals surface area (Å²) in [5.41, 5.74) is 0.187. The SMILES string of the molecule is C[C@H](NS(C)(=O)=O)c1nnc(Nc2ccccc2F)o1. The molecule has 0 saturated carbocycles. The van der Waals surface area contributed by atoms with E-state index >= 15 is 0 Å². The van der Waals surface area contributed by atoms with E-state index in [1.54, 1.807) is 19.1 Å². The van der Waals surface area contributed by atoms with Crippen molar-refractivity contribution in [3.63, 3.8) is 0 Å². The zero-order chi connectivity index (χ0) is 14.8. The van der Waals surface area contributed by atoms with E-state index in [4.69, 9.17) is 4.42 Å². The molecule has 20 heavy (non-hydrogen) atoms. The van der Waals surface area contributed by atoms with Crippen LogP contribution in [0.25, 0.3) is 0 Å². The van der Waals surface area contributed by atoms with E-state index in [0.29, 0.717) is 0 Å². The first kappa shape index (κ1) is 14.4. The van der Waals surface area contributed by atoms with Crippen LogP contribution in [0.4, 0.5) is 16.1 Å². The second-order valence-corrected chi connectivity index (χ2v) is 5.94. The Labute approximate surface area is 115 Å². The molecule has 2 N–H and O–H groups in total. The van der Waals surface area contributed by atoms with Crippen LogP contribution in [0.5, 0.6) is 0 Å². The van der Waals surface area contributed by atoms with Crippen LogP contribution in [0.15, 0.2) is 28.7 Å². The smallest absolute Gasteiger partial charge is 0.320 e. The van der Waals surface area contributed by atoms with E-state index < -0.39 is 21.9 Å². The lowest BCUT2D eigenvalue weighted by Gasteiger charge is -2.06. The van der Waals surface area contributed by atoms with E-state index in [0.717, 1.165) is 6.26 Å². The topological polar surface area (TPSA) is 97.1 Å². The van der Waals surface area contributed by atoms with Gasteiger partial charge in [0, 0.05) is 0 Å². The van der Waals surface area contributed by atoms with Crippen molar-refractivity contribution in [1.82, 2.24) is 14.9 Å². The normalized spacial score (nSPS) is 13.2. The molecule has 9 heteroatoms. The number of nitrogens with zero attached hydrogens (tertiary/aromatic N) is 2. The third-order valence-electron chi connectivity index (χ3n) is 2.32. The molecule has 1 aromatic carbocycles. The van der Waals surface area contributed by atoms with Crippen molar-refractivity contribution < 1.29 is 17.2 Å². The highest BCUT2D eigenvalue weighted by atomic mass is 32.2. The van der Waals surface area contributed by atoms with Gasteiger partial charge in [-0.1, -0.05) is 17.2 Å². The molecule has 0 bridgehead atoms. The molecule has 0 aliphatic heterocycles. The predicted molar refractivity (Wildman–Crippen MR) is 70.4 cm³/mol. The number of benzene rings is 1. The minimum Gasteiger partial charge on any atom is -0.406 e. The molecule has 0 aliphatic rings. The van der Waals surface area contributed by atoms with Crippen LogP contribution in [-0.2, 0) is 10.0 Å². The molecular weight excluding hydrogens is 287 g/mol. The summed E-state index contributed by atoms with van der Waals surface area (Å²) in [6.07, 6.45) is 1.03. The lowest BCUT2D eigenvalue weighted by molar-refractivity contribution is 0.454. The minimum absolute atomic E-state index is 0.0211. The van der Waals surface area contributed by atoms with Crippen LogP contribution in [-0.4, -0.2) is 24.9 Å². The number of aromatic nitrogens is 2. The summed E-state index contributed by atoms with van der Waals surface area (Å²) in [5, 5.41) is 9.99. The number of hydrogen-bond acceptors (Lipinski definition) is 6.